The molecule has 0 aliphatic carbocycles. The summed E-state index contributed by atoms with van der Waals surface area (Å²) >= 11 is 2.35. The van der Waals surface area contributed by atoms with Gasteiger partial charge in [-0.25, -0.2) is 0 Å². The molecule has 142 valence electrons. The van der Waals surface area contributed by atoms with Crippen molar-refractivity contribution in [2.45, 2.75) is 31.5 Å². The maximum absolute atomic E-state index is 12.9. The molecule has 0 spiro atoms. The van der Waals surface area contributed by atoms with Gasteiger partial charge in [-0.15, -0.1) is 0 Å². The van der Waals surface area contributed by atoms with Gasteiger partial charge in [0.15, 0.2) is 8.07 Å². The van der Waals surface area contributed by atoms with Gasteiger partial charge in [-0.1, -0.05) is 91.8 Å². The average Bonchev–Trinajstić information content (AvgIpc) is 2.99. The fraction of sp³-hybridized carbons (Fsp3) is 0.208. The first-order chi connectivity index (χ1) is 13.4. The molecular formula is C24H24INOSi. The van der Waals surface area contributed by atoms with E-state index in [1.807, 2.05) is 12.1 Å². The van der Waals surface area contributed by atoms with E-state index in [0.29, 0.717) is 0 Å². The molecule has 0 radical (unpaired) electrons. The predicted molar refractivity (Wildman–Crippen MR) is 127 cm³/mol. The summed E-state index contributed by atoms with van der Waals surface area (Å²) < 4.78 is 1.16. The molecule has 1 aliphatic heterocycles. The Morgan fingerprint density at radius 3 is 1.89 bits per heavy atom. The summed E-state index contributed by atoms with van der Waals surface area (Å²) in [5, 5.41) is 6.10. The third-order valence-corrected chi connectivity index (χ3v) is 12.8. The van der Waals surface area contributed by atoms with Crippen LogP contribution < -0.4 is 15.7 Å². The second kappa shape index (κ2) is 7.15. The lowest BCUT2D eigenvalue weighted by atomic mass is 10.1. The molecule has 0 bridgehead atoms. The normalized spacial score (nSPS) is 16.6. The molecule has 1 unspecified atom stereocenters. The first-order valence-corrected chi connectivity index (χ1v) is 12.7. The molecule has 0 saturated carbocycles. The van der Waals surface area contributed by atoms with E-state index in [0.717, 1.165) is 14.7 Å². The highest BCUT2D eigenvalue weighted by Crippen LogP contribution is 2.46. The van der Waals surface area contributed by atoms with Crippen LogP contribution in [0, 0.1) is 3.57 Å². The molecule has 1 amide bonds. The lowest BCUT2D eigenvalue weighted by Gasteiger charge is -2.48. The Kier molecular flexibility index (Phi) is 4.96. The third kappa shape index (κ3) is 2.94. The first-order valence-electron chi connectivity index (χ1n) is 9.57. The van der Waals surface area contributed by atoms with Crippen molar-refractivity contribution in [2.24, 2.45) is 0 Å². The summed E-state index contributed by atoms with van der Waals surface area (Å²) in [7, 11) is -2.47. The third-order valence-electron chi connectivity index (χ3n) is 5.92. The van der Waals surface area contributed by atoms with E-state index >= 15 is 0 Å². The largest absolute Gasteiger partial charge is 0.347 e. The molecule has 28 heavy (non-hydrogen) atoms. The molecule has 3 aromatic rings. The molecule has 2 nitrogen and oxygen atoms in total. The van der Waals surface area contributed by atoms with E-state index in [4.69, 9.17) is 0 Å². The molecule has 1 N–H and O–H groups in total. The van der Waals surface area contributed by atoms with Gasteiger partial charge in [-0.3, -0.25) is 4.79 Å². The van der Waals surface area contributed by atoms with E-state index in [-0.39, 0.29) is 16.6 Å². The maximum atomic E-state index is 12.9. The Morgan fingerprint density at radius 2 is 1.39 bits per heavy atom. The van der Waals surface area contributed by atoms with Gasteiger partial charge in [0.1, 0.15) is 0 Å². The number of carbonyl (C=O) groups is 1. The second-order valence-electron chi connectivity index (χ2n) is 8.43. The number of hydrogen-bond acceptors (Lipinski definition) is 1. The van der Waals surface area contributed by atoms with Crippen molar-refractivity contribution in [1.29, 1.82) is 0 Å². The fourth-order valence-corrected chi connectivity index (χ4v) is 11.4. The Labute approximate surface area is 181 Å². The minimum Gasteiger partial charge on any atom is -0.347 e. The van der Waals surface area contributed by atoms with Crippen molar-refractivity contribution in [2.75, 3.05) is 0 Å². The molecule has 1 aliphatic rings. The van der Waals surface area contributed by atoms with Crippen LogP contribution in [0.3, 0.4) is 0 Å². The zero-order chi connectivity index (χ0) is 19.9. The molecule has 1 atom stereocenters. The van der Waals surface area contributed by atoms with Gasteiger partial charge in [0.2, 0.25) is 0 Å². The number of fused-ring (bicyclic) bond motifs is 1. The van der Waals surface area contributed by atoms with Gasteiger partial charge in [0.05, 0.1) is 5.67 Å². The van der Waals surface area contributed by atoms with Gasteiger partial charge in [0.25, 0.3) is 5.91 Å². The van der Waals surface area contributed by atoms with Crippen molar-refractivity contribution >= 4 is 46.9 Å². The van der Waals surface area contributed by atoms with Crippen LogP contribution in [0.4, 0.5) is 0 Å². The Hall–Kier alpha value is -1.92. The van der Waals surface area contributed by atoms with Crippen molar-refractivity contribution in [3.05, 3.63) is 93.6 Å². The summed E-state index contributed by atoms with van der Waals surface area (Å²) in [5.74, 6) is 0.0457. The Balaban J connectivity index is 2.09. The minimum absolute atomic E-state index is 0.00508. The van der Waals surface area contributed by atoms with E-state index < -0.39 is 8.07 Å². The predicted octanol–water partition coefficient (Wildman–Crippen LogP) is 4.68. The maximum Gasteiger partial charge on any atom is 0.251 e. The number of amides is 1. The molecule has 1 heterocycles. The van der Waals surface area contributed by atoms with Crippen molar-refractivity contribution in [3.8, 4) is 0 Å². The van der Waals surface area contributed by atoms with Gasteiger partial charge in [-0.2, -0.15) is 0 Å². The van der Waals surface area contributed by atoms with E-state index in [9.17, 15) is 4.79 Å². The number of rotatable bonds is 3. The summed E-state index contributed by atoms with van der Waals surface area (Å²) in [6, 6.07) is 27.8. The minimum atomic E-state index is -2.47. The zero-order valence-corrected chi connectivity index (χ0v) is 19.5. The topological polar surface area (TPSA) is 29.1 Å². The molecule has 4 rings (SSSR count). The van der Waals surface area contributed by atoms with Crippen molar-refractivity contribution < 1.29 is 4.79 Å². The fourth-order valence-electron chi connectivity index (χ4n) is 4.81. The SMILES string of the molecule is CC(C)(C)[Si](c1ccccc1)(c1ccccc1)C1NC(=O)c2ccc(I)cc21. The molecule has 0 aromatic heterocycles. The van der Waals surface area contributed by atoms with Gasteiger partial charge in [0, 0.05) is 9.13 Å². The van der Waals surface area contributed by atoms with Crippen LogP contribution in [0.5, 0.6) is 0 Å². The second-order valence-corrected chi connectivity index (χ2v) is 14.5. The monoisotopic (exact) mass is 497 g/mol. The number of halogens is 1. The van der Waals surface area contributed by atoms with Crippen LogP contribution in [-0.4, -0.2) is 14.0 Å². The van der Waals surface area contributed by atoms with Gasteiger partial charge >= 0.3 is 0 Å². The van der Waals surface area contributed by atoms with E-state index in [2.05, 4.69) is 115 Å². The van der Waals surface area contributed by atoms with Crippen LogP contribution in [0.2, 0.25) is 5.04 Å². The van der Waals surface area contributed by atoms with E-state index in [1.54, 1.807) is 0 Å². The average molecular weight is 497 g/mol. The molecular weight excluding hydrogens is 473 g/mol. The molecule has 0 saturated heterocycles. The highest BCUT2D eigenvalue weighted by atomic mass is 127. The highest BCUT2D eigenvalue weighted by molar-refractivity contribution is 14.1. The van der Waals surface area contributed by atoms with Crippen LogP contribution in [0.25, 0.3) is 0 Å². The van der Waals surface area contributed by atoms with Crippen molar-refractivity contribution in [3.63, 3.8) is 0 Å². The quantitative estimate of drug-likeness (QED) is 0.414. The molecule has 0 fully saturated rings. The van der Waals surface area contributed by atoms with E-state index in [1.165, 1.54) is 10.4 Å². The van der Waals surface area contributed by atoms with Gasteiger partial charge in [-0.05, 0) is 51.4 Å². The van der Waals surface area contributed by atoms with Crippen LogP contribution in [-0.2, 0) is 0 Å². The first kappa shape index (κ1) is 19.4. The zero-order valence-electron chi connectivity index (χ0n) is 16.4. The Bertz CT molecular complexity index is 972. The van der Waals surface area contributed by atoms with Gasteiger partial charge < -0.3 is 5.32 Å². The summed E-state index contributed by atoms with van der Waals surface area (Å²) in [6.07, 6.45) is 0. The van der Waals surface area contributed by atoms with Crippen LogP contribution >= 0.6 is 22.6 Å². The lowest BCUT2D eigenvalue weighted by Crippen LogP contribution is -2.70. The Morgan fingerprint density at radius 1 is 0.857 bits per heavy atom. The number of carbonyl (C=O) groups excluding carboxylic acids is 1. The summed E-state index contributed by atoms with van der Waals surface area (Å²) in [4.78, 5) is 12.9. The lowest BCUT2D eigenvalue weighted by molar-refractivity contribution is 0.0963. The molecule has 3 aromatic carbocycles. The van der Waals surface area contributed by atoms with Crippen molar-refractivity contribution in [1.82, 2.24) is 5.32 Å². The highest BCUT2D eigenvalue weighted by Gasteiger charge is 2.56. The number of hydrogen-bond donors (Lipinski definition) is 1. The standard InChI is InChI=1S/C24H24INOSi/c1-24(2,3)28(18-10-6-4-7-11-18,19-12-8-5-9-13-19)23-21-16-17(25)14-15-20(21)22(27)26-23/h4-16,23H,1-3H3,(H,26,27). The van der Waals surface area contributed by atoms with Crippen LogP contribution in [0.1, 0.15) is 42.4 Å². The number of benzene rings is 3. The smallest absolute Gasteiger partial charge is 0.251 e. The number of nitrogens with one attached hydrogen (secondary N) is 1. The summed E-state index contributed by atoms with van der Waals surface area (Å²) in [5.41, 5.74) is 1.96. The molecule has 4 heteroatoms. The van der Waals surface area contributed by atoms with Crippen LogP contribution in [0.15, 0.2) is 78.9 Å². The summed E-state index contributed by atoms with van der Waals surface area (Å²) in [6.45, 7) is 6.99.